The topological polar surface area (TPSA) is 84.7 Å². The number of rotatable bonds is 3. The first-order valence-electron chi connectivity index (χ1n) is 9.50. The molecule has 26 heavy (non-hydrogen) atoms. The zero-order chi connectivity index (χ0) is 18.7. The average molecular weight is 359 g/mol. The lowest BCUT2D eigenvalue weighted by Crippen LogP contribution is -2.54. The molecule has 0 bridgehead atoms. The highest BCUT2D eigenvalue weighted by atomic mass is 16.5. The maximum Gasteiger partial charge on any atom is 0.254 e. The van der Waals surface area contributed by atoms with Crippen molar-refractivity contribution in [3.8, 4) is 0 Å². The van der Waals surface area contributed by atoms with Crippen molar-refractivity contribution in [1.82, 2.24) is 4.90 Å². The number of hydrogen-bond acceptors (Lipinski definition) is 4. The van der Waals surface area contributed by atoms with E-state index in [2.05, 4.69) is 12.2 Å². The maximum absolute atomic E-state index is 12.8. The number of carbonyl (C=O) groups is 2. The van der Waals surface area contributed by atoms with Crippen molar-refractivity contribution < 1.29 is 14.3 Å². The molecular weight excluding hydrogens is 330 g/mol. The third-order valence-corrected chi connectivity index (χ3v) is 5.62. The molecule has 0 radical (unpaired) electrons. The number of hydrogen-bond donors (Lipinski definition) is 2. The van der Waals surface area contributed by atoms with Crippen molar-refractivity contribution in [2.24, 2.45) is 5.73 Å². The normalized spacial score (nSPS) is 22.7. The van der Waals surface area contributed by atoms with Crippen molar-refractivity contribution in [2.45, 2.75) is 57.5 Å². The second-order valence-electron chi connectivity index (χ2n) is 7.60. The highest BCUT2D eigenvalue weighted by Gasteiger charge is 2.36. The van der Waals surface area contributed by atoms with Crippen LogP contribution < -0.4 is 11.1 Å². The molecule has 3 rings (SSSR count). The molecule has 2 aliphatic heterocycles. The lowest BCUT2D eigenvalue weighted by Gasteiger charge is -2.33. The van der Waals surface area contributed by atoms with Gasteiger partial charge in [-0.1, -0.05) is 0 Å². The number of amides is 2. The monoisotopic (exact) mass is 359 g/mol. The van der Waals surface area contributed by atoms with E-state index >= 15 is 0 Å². The summed E-state index contributed by atoms with van der Waals surface area (Å²) in [5.74, 6) is -0.120. The Morgan fingerprint density at radius 3 is 2.65 bits per heavy atom. The fourth-order valence-corrected chi connectivity index (χ4v) is 3.71. The van der Waals surface area contributed by atoms with E-state index < -0.39 is 5.54 Å². The summed E-state index contributed by atoms with van der Waals surface area (Å²) >= 11 is 0. The van der Waals surface area contributed by atoms with Gasteiger partial charge in [0.05, 0.1) is 0 Å². The van der Waals surface area contributed by atoms with Gasteiger partial charge in [-0.2, -0.15) is 0 Å². The fourth-order valence-electron chi connectivity index (χ4n) is 3.71. The Kier molecular flexibility index (Phi) is 5.63. The molecule has 142 valence electrons. The molecule has 0 spiro atoms. The van der Waals surface area contributed by atoms with Gasteiger partial charge in [0.2, 0.25) is 5.91 Å². The number of aryl methyl sites for hydroxylation is 1. The number of nitrogens with two attached hydrogens (primary N) is 1. The summed E-state index contributed by atoms with van der Waals surface area (Å²) in [6, 6.07) is 5.73. The summed E-state index contributed by atoms with van der Waals surface area (Å²) < 4.78 is 5.30. The number of nitrogens with zero attached hydrogens (tertiary/aromatic N) is 1. The smallest absolute Gasteiger partial charge is 0.254 e. The number of anilines is 1. The number of carbonyl (C=O) groups excluding carboxylic acids is 2. The summed E-state index contributed by atoms with van der Waals surface area (Å²) in [4.78, 5) is 27.3. The summed E-state index contributed by atoms with van der Waals surface area (Å²) in [5, 5.41) is 2.93. The maximum atomic E-state index is 12.8. The highest BCUT2D eigenvalue weighted by Crippen LogP contribution is 2.24. The van der Waals surface area contributed by atoms with Gasteiger partial charge in [-0.15, -0.1) is 0 Å². The van der Waals surface area contributed by atoms with Crippen LogP contribution in [0.5, 0.6) is 0 Å². The predicted octanol–water partition coefficient (Wildman–Crippen LogP) is 2.46. The minimum atomic E-state index is -0.886. The van der Waals surface area contributed by atoms with E-state index in [0.717, 1.165) is 24.9 Å². The van der Waals surface area contributed by atoms with E-state index in [1.807, 2.05) is 17.9 Å². The standard InChI is InChI=1S/C20H29N3O3/c1-14-13-16(18(24)23-10-4-3-5-15(23)2)6-7-17(14)22-19(25)20(21)8-11-26-12-9-20/h6-7,13,15H,3-5,8-12,21H2,1-2H3,(H,22,25). The van der Waals surface area contributed by atoms with E-state index in [9.17, 15) is 9.59 Å². The lowest BCUT2D eigenvalue weighted by molar-refractivity contribution is -0.124. The van der Waals surface area contributed by atoms with Crippen LogP contribution in [0.3, 0.4) is 0 Å². The van der Waals surface area contributed by atoms with Crippen molar-refractivity contribution in [3.05, 3.63) is 29.3 Å². The molecule has 2 aliphatic rings. The Bertz CT molecular complexity index is 683. The van der Waals surface area contributed by atoms with Crippen molar-refractivity contribution in [2.75, 3.05) is 25.1 Å². The first-order chi connectivity index (χ1) is 12.4. The third kappa shape index (κ3) is 3.91. The van der Waals surface area contributed by atoms with Crippen molar-refractivity contribution in [1.29, 1.82) is 0 Å². The Labute approximate surface area is 155 Å². The highest BCUT2D eigenvalue weighted by molar-refractivity contribution is 6.00. The fraction of sp³-hybridized carbons (Fsp3) is 0.600. The van der Waals surface area contributed by atoms with E-state index in [0.29, 0.717) is 37.3 Å². The summed E-state index contributed by atoms with van der Waals surface area (Å²) in [6.07, 6.45) is 4.33. The molecule has 3 N–H and O–H groups in total. The van der Waals surface area contributed by atoms with Crippen LogP contribution in [0.15, 0.2) is 18.2 Å². The lowest BCUT2D eigenvalue weighted by atomic mass is 9.90. The summed E-state index contributed by atoms with van der Waals surface area (Å²) in [5.41, 5.74) is 7.59. The van der Waals surface area contributed by atoms with Crippen LogP contribution >= 0.6 is 0 Å². The molecule has 6 nitrogen and oxygen atoms in total. The predicted molar refractivity (Wildman–Crippen MR) is 101 cm³/mol. The molecular formula is C20H29N3O3. The third-order valence-electron chi connectivity index (χ3n) is 5.62. The van der Waals surface area contributed by atoms with E-state index in [-0.39, 0.29) is 17.9 Å². The SMILES string of the molecule is Cc1cc(C(=O)N2CCCCC2C)ccc1NC(=O)C1(N)CCOCC1. The minimum absolute atomic E-state index is 0.0675. The van der Waals surface area contributed by atoms with E-state index in [1.54, 1.807) is 12.1 Å². The van der Waals surface area contributed by atoms with Crippen LogP contribution in [-0.4, -0.2) is 48.1 Å². The van der Waals surface area contributed by atoms with Gasteiger partial charge >= 0.3 is 0 Å². The van der Waals surface area contributed by atoms with Gasteiger partial charge < -0.3 is 20.7 Å². The molecule has 2 saturated heterocycles. The van der Waals surface area contributed by atoms with Gasteiger partial charge in [0, 0.05) is 37.1 Å². The zero-order valence-corrected chi connectivity index (χ0v) is 15.7. The first-order valence-corrected chi connectivity index (χ1v) is 9.50. The van der Waals surface area contributed by atoms with Crippen LogP contribution in [0.1, 0.15) is 54.9 Å². The Hall–Kier alpha value is -1.92. The summed E-state index contributed by atoms with van der Waals surface area (Å²) in [7, 11) is 0. The van der Waals surface area contributed by atoms with Crippen LogP contribution in [0.2, 0.25) is 0 Å². The number of nitrogens with one attached hydrogen (secondary N) is 1. The molecule has 1 aromatic rings. The second-order valence-corrected chi connectivity index (χ2v) is 7.60. The Balaban J connectivity index is 1.71. The van der Waals surface area contributed by atoms with E-state index in [1.165, 1.54) is 6.42 Å². The molecule has 0 aromatic heterocycles. The molecule has 1 aromatic carbocycles. The number of benzene rings is 1. The molecule has 2 amide bonds. The van der Waals surface area contributed by atoms with Crippen LogP contribution in [0.25, 0.3) is 0 Å². The summed E-state index contributed by atoms with van der Waals surface area (Å²) in [6.45, 7) is 5.83. The van der Waals surface area contributed by atoms with Crippen LogP contribution in [0.4, 0.5) is 5.69 Å². The largest absolute Gasteiger partial charge is 0.381 e. The Morgan fingerprint density at radius 1 is 1.27 bits per heavy atom. The molecule has 1 unspecified atom stereocenters. The Morgan fingerprint density at radius 2 is 2.00 bits per heavy atom. The minimum Gasteiger partial charge on any atom is -0.381 e. The van der Waals surface area contributed by atoms with Crippen molar-refractivity contribution in [3.63, 3.8) is 0 Å². The second kappa shape index (κ2) is 7.76. The van der Waals surface area contributed by atoms with Gasteiger partial charge in [0.15, 0.2) is 0 Å². The molecule has 0 aliphatic carbocycles. The van der Waals surface area contributed by atoms with Gasteiger partial charge in [-0.25, -0.2) is 0 Å². The first kappa shape index (κ1) is 18.9. The quantitative estimate of drug-likeness (QED) is 0.868. The van der Waals surface area contributed by atoms with Crippen LogP contribution in [-0.2, 0) is 9.53 Å². The molecule has 2 fully saturated rings. The zero-order valence-electron chi connectivity index (χ0n) is 15.7. The number of ether oxygens (including phenoxy) is 1. The van der Waals surface area contributed by atoms with Gasteiger partial charge in [0.25, 0.3) is 5.91 Å². The van der Waals surface area contributed by atoms with Gasteiger partial charge in [-0.05, 0) is 69.7 Å². The number of likely N-dealkylation sites (tertiary alicyclic amines) is 1. The van der Waals surface area contributed by atoms with Gasteiger partial charge in [-0.3, -0.25) is 9.59 Å². The average Bonchev–Trinajstić information content (AvgIpc) is 2.64. The van der Waals surface area contributed by atoms with Crippen molar-refractivity contribution >= 4 is 17.5 Å². The molecule has 0 saturated carbocycles. The number of piperidine rings is 1. The molecule has 1 atom stereocenters. The van der Waals surface area contributed by atoms with E-state index in [4.69, 9.17) is 10.5 Å². The van der Waals surface area contributed by atoms with Gasteiger partial charge in [0.1, 0.15) is 5.54 Å². The van der Waals surface area contributed by atoms with Crippen LogP contribution in [0, 0.1) is 6.92 Å². The molecule has 6 heteroatoms. The molecule has 2 heterocycles.